The Morgan fingerprint density at radius 2 is 1.54 bits per heavy atom. The van der Waals surface area contributed by atoms with E-state index in [2.05, 4.69) is 5.32 Å². The van der Waals surface area contributed by atoms with Crippen molar-refractivity contribution in [2.75, 3.05) is 17.9 Å². The van der Waals surface area contributed by atoms with Crippen molar-refractivity contribution in [1.29, 1.82) is 0 Å². The fourth-order valence-electron chi connectivity index (χ4n) is 3.67. The zero-order chi connectivity index (χ0) is 25.6. The molecule has 0 aliphatic carbocycles. The molecular weight excluding hydrogens is 486 g/mol. The van der Waals surface area contributed by atoms with Crippen LogP contribution in [0, 0.1) is 6.92 Å². The van der Waals surface area contributed by atoms with Crippen molar-refractivity contribution in [3.8, 4) is 0 Å². The molecule has 0 saturated carbocycles. The first-order valence-electron chi connectivity index (χ1n) is 11.0. The summed E-state index contributed by atoms with van der Waals surface area (Å²) in [5.41, 5.74) is 1.63. The molecule has 0 aliphatic heterocycles. The molecule has 3 aromatic rings. The van der Waals surface area contributed by atoms with Gasteiger partial charge in [0.2, 0.25) is 11.8 Å². The normalized spacial score (nSPS) is 12.0. The van der Waals surface area contributed by atoms with E-state index >= 15 is 0 Å². The largest absolute Gasteiger partial charge is 0.357 e. The van der Waals surface area contributed by atoms with Crippen LogP contribution >= 0.6 is 11.6 Å². The Hall–Kier alpha value is -3.36. The van der Waals surface area contributed by atoms with Gasteiger partial charge in [-0.05, 0) is 49.2 Å². The maximum Gasteiger partial charge on any atom is 0.264 e. The van der Waals surface area contributed by atoms with Gasteiger partial charge < -0.3 is 10.2 Å². The van der Waals surface area contributed by atoms with Crippen LogP contribution in [0.25, 0.3) is 0 Å². The molecule has 2 amide bonds. The quantitative estimate of drug-likeness (QED) is 0.468. The summed E-state index contributed by atoms with van der Waals surface area (Å²) in [7, 11) is -2.63. The predicted octanol–water partition coefficient (Wildman–Crippen LogP) is 4.01. The third-order valence-electron chi connectivity index (χ3n) is 5.73. The standard InChI is InChI=1S/C26H28ClN3O4S/c1-19-23(27)15-10-16-24(19)30(35(33,34)22-13-8-5-9-14-22)18-25(31)29(20(2)26(32)28-3)17-21-11-6-4-7-12-21/h4-16,20H,17-18H2,1-3H3,(H,28,32). The number of anilines is 1. The Bertz CT molecular complexity index is 1280. The zero-order valence-electron chi connectivity index (χ0n) is 19.8. The molecule has 7 nitrogen and oxygen atoms in total. The monoisotopic (exact) mass is 513 g/mol. The van der Waals surface area contributed by atoms with Gasteiger partial charge >= 0.3 is 0 Å². The number of benzene rings is 3. The van der Waals surface area contributed by atoms with E-state index in [-0.39, 0.29) is 17.3 Å². The Labute approximate surface area is 211 Å². The van der Waals surface area contributed by atoms with Crippen LogP contribution < -0.4 is 9.62 Å². The molecule has 3 rings (SSSR count). The molecule has 0 aliphatic rings. The molecule has 0 radical (unpaired) electrons. The van der Waals surface area contributed by atoms with Crippen LogP contribution in [0.5, 0.6) is 0 Å². The fourth-order valence-corrected chi connectivity index (χ4v) is 5.33. The third-order valence-corrected chi connectivity index (χ3v) is 7.91. The van der Waals surface area contributed by atoms with Crippen molar-refractivity contribution in [3.63, 3.8) is 0 Å². The van der Waals surface area contributed by atoms with Gasteiger partial charge in [-0.1, -0.05) is 66.2 Å². The molecule has 1 atom stereocenters. The second-order valence-electron chi connectivity index (χ2n) is 8.01. The van der Waals surface area contributed by atoms with Crippen LogP contribution in [0.15, 0.2) is 83.8 Å². The second-order valence-corrected chi connectivity index (χ2v) is 10.3. The molecule has 35 heavy (non-hydrogen) atoms. The summed E-state index contributed by atoms with van der Waals surface area (Å²) in [4.78, 5) is 27.6. The number of nitrogens with zero attached hydrogens (tertiary/aromatic N) is 2. The maximum absolute atomic E-state index is 13.7. The lowest BCUT2D eigenvalue weighted by Gasteiger charge is -2.32. The van der Waals surface area contributed by atoms with Crippen molar-refractivity contribution in [2.45, 2.75) is 31.3 Å². The molecule has 184 valence electrons. The first-order valence-corrected chi connectivity index (χ1v) is 12.9. The lowest BCUT2D eigenvalue weighted by atomic mass is 10.1. The van der Waals surface area contributed by atoms with E-state index in [1.54, 1.807) is 50.2 Å². The van der Waals surface area contributed by atoms with E-state index in [0.29, 0.717) is 16.3 Å². The third kappa shape index (κ3) is 6.01. The number of amides is 2. The van der Waals surface area contributed by atoms with E-state index in [1.165, 1.54) is 24.1 Å². The summed E-state index contributed by atoms with van der Waals surface area (Å²) in [5.74, 6) is -0.880. The molecule has 1 N–H and O–H groups in total. The zero-order valence-corrected chi connectivity index (χ0v) is 21.4. The Morgan fingerprint density at radius 1 is 0.943 bits per heavy atom. The van der Waals surface area contributed by atoms with Gasteiger partial charge in [0.1, 0.15) is 12.6 Å². The summed E-state index contributed by atoms with van der Waals surface area (Å²) in [6, 6.07) is 21.2. The maximum atomic E-state index is 13.7. The molecule has 0 aromatic heterocycles. The number of hydrogen-bond donors (Lipinski definition) is 1. The summed E-state index contributed by atoms with van der Waals surface area (Å²) < 4.78 is 28.5. The lowest BCUT2D eigenvalue weighted by molar-refractivity contribution is -0.139. The average molecular weight is 514 g/mol. The number of nitrogens with one attached hydrogen (secondary N) is 1. The number of carbonyl (C=O) groups excluding carboxylic acids is 2. The lowest BCUT2D eigenvalue weighted by Crippen LogP contribution is -2.50. The van der Waals surface area contributed by atoms with Gasteiger partial charge in [0.25, 0.3) is 10.0 Å². The molecule has 0 heterocycles. The summed E-state index contributed by atoms with van der Waals surface area (Å²) in [5, 5.41) is 2.94. The van der Waals surface area contributed by atoms with E-state index in [4.69, 9.17) is 11.6 Å². The van der Waals surface area contributed by atoms with Crippen molar-refractivity contribution in [2.24, 2.45) is 0 Å². The van der Waals surface area contributed by atoms with Crippen LogP contribution in [-0.4, -0.2) is 44.8 Å². The van der Waals surface area contributed by atoms with Gasteiger partial charge in [0, 0.05) is 18.6 Å². The molecule has 3 aromatic carbocycles. The topological polar surface area (TPSA) is 86.8 Å². The van der Waals surface area contributed by atoms with Crippen molar-refractivity contribution >= 4 is 39.1 Å². The van der Waals surface area contributed by atoms with Crippen molar-refractivity contribution in [1.82, 2.24) is 10.2 Å². The molecule has 1 unspecified atom stereocenters. The smallest absolute Gasteiger partial charge is 0.264 e. The van der Waals surface area contributed by atoms with Gasteiger partial charge in [-0.3, -0.25) is 13.9 Å². The van der Waals surface area contributed by atoms with E-state index < -0.39 is 28.5 Å². The highest BCUT2D eigenvalue weighted by atomic mass is 35.5. The Balaban J connectivity index is 2.06. The fraction of sp³-hybridized carbons (Fsp3) is 0.231. The Morgan fingerprint density at radius 3 is 2.14 bits per heavy atom. The first kappa shape index (κ1) is 26.2. The van der Waals surface area contributed by atoms with Crippen LogP contribution in [-0.2, 0) is 26.2 Å². The van der Waals surface area contributed by atoms with E-state index in [1.807, 2.05) is 30.3 Å². The SMILES string of the molecule is CNC(=O)C(C)N(Cc1ccccc1)C(=O)CN(c1cccc(Cl)c1C)S(=O)(=O)c1ccccc1. The van der Waals surface area contributed by atoms with Crippen LogP contribution in [0.1, 0.15) is 18.1 Å². The average Bonchev–Trinajstić information content (AvgIpc) is 2.87. The van der Waals surface area contributed by atoms with Crippen LogP contribution in [0.3, 0.4) is 0 Å². The predicted molar refractivity (Wildman–Crippen MR) is 138 cm³/mol. The van der Waals surface area contributed by atoms with Crippen LogP contribution in [0.2, 0.25) is 5.02 Å². The van der Waals surface area contributed by atoms with E-state index in [0.717, 1.165) is 9.87 Å². The number of hydrogen-bond acceptors (Lipinski definition) is 4. The number of halogens is 1. The van der Waals surface area contributed by atoms with Crippen LogP contribution in [0.4, 0.5) is 5.69 Å². The minimum absolute atomic E-state index is 0.0427. The van der Waals surface area contributed by atoms with Crippen molar-refractivity contribution < 1.29 is 18.0 Å². The minimum atomic E-state index is -4.12. The van der Waals surface area contributed by atoms with Crippen molar-refractivity contribution in [3.05, 3.63) is 95.0 Å². The van der Waals surface area contributed by atoms with Gasteiger partial charge in [0.05, 0.1) is 10.6 Å². The van der Waals surface area contributed by atoms with Gasteiger partial charge in [-0.2, -0.15) is 0 Å². The highest BCUT2D eigenvalue weighted by Crippen LogP contribution is 2.31. The molecule has 9 heteroatoms. The Kier molecular flexibility index (Phi) is 8.53. The number of sulfonamides is 1. The van der Waals surface area contributed by atoms with Gasteiger partial charge in [-0.15, -0.1) is 0 Å². The molecule has 0 spiro atoms. The number of rotatable bonds is 9. The molecule has 0 fully saturated rings. The summed E-state index contributed by atoms with van der Waals surface area (Å²) >= 11 is 6.30. The molecule has 0 saturated heterocycles. The molecule has 0 bridgehead atoms. The first-order chi connectivity index (χ1) is 16.7. The minimum Gasteiger partial charge on any atom is -0.357 e. The summed E-state index contributed by atoms with van der Waals surface area (Å²) in [6.07, 6.45) is 0. The second kappa shape index (κ2) is 11.4. The summed E-state index contributed by atoms with van der Waals surface area (Å²) in [6.45, 7) is 2.94. The number of likely N-dealkylation sites (N-methyl/N-ethyl adjacent to an activating group) is 1. The highest BCUT2D eigenvalue weighted by Gasteiger charge is 2.33. The molecular formula is C26H28ClN3O4S. The number of carbonyl (C=O) groups is 2. The van der Waals surface area contributed by atoms with Gasteiger partial charge in [-0.25, -0.2) is 8.42 Å². The highest BCUT2D eigenvalue weighted by molar-refractivity contribution is 7.92. The van der Waals surface area contributed by atoms with Gasteiger partial charge in [0.15, 0.2) is 0 Å². The van der Waals surface area contributed by atoms with E-state index in [9.17, 15) is 18.0 Å².